The molecule has 10 nitrogen and oxygen atoms in total. The van der Waals surface area contributed by atoms with Crippen molar-refractivity contribution in [2.75, 3.05) is 0 Å². The van der Waals surface area contributed by atoms with Gasteiger partial charge in [0.15, 0.2) is 0 Å². The smallest absolute Gasteiger partial charge is 0.288 e. The minimum absolute atomic E-state index is 0.00676. The van der Waals surface area contributed by atoms with Gasteiger partial charge in [0, 0.05) is 23.8 Å². The summed E-state index contributed by atoms with van der Waals surface area (Å²) in [5.41, 5.74) is 3.09. The van der Waals surface area contributed by atoms with Crippen LogP contribution in [0.3, 0.4) is 0 Å². The lowest BCUT2D eigenvalue weighted by Crippen LogP contribution is -2.19. The third-order valence-electron chi connectivity index (χ3n) is 3.95. The van der Waals surface area contributed by atoms with Gasteiger partial charge in [-0.1, -0.05) is 23.7 Å². The first kappa shape index (κ1) is 20.7. The van der Waals surface area contributed by atoms with Crippen molar-refractivity contribution in [3.05, 3.63) is 91.2 Å². The molecule has 0 fully saturated rings. The normalized spacial score (nSPS) is 10.8. The van der Waals surface area contributed by atoms with E-state index in [-0.39, 0.29) is 22.8 Å². The number of nitro benzene ring substituents is 2. The molecule has 1 amide bonds. The molecule has 11 heteroatoms. The first-order valence-corrected chi connectivity index (χ1v) is 8.80. The van der Waals surface area contributed by atoms with E-state index in [9.17, 15) is 25.0 Å². The van der Waals surface area contributed by atoms with Crippen molar-refractivity contribution < 1.29 is 19.1 Å². The van der Waals surface area contributed by atoms with E-state index in [1.807, 2.05) is 0 Å². The van der Waals surface area contributed by atoms with E-state index < -0.39 is 15.8 Å². The summed E-state index contributed by atoms with van der Waals surface area (Å²) < 4.78 is 5.55. The molecule has 0 radical (unpaired) electrons. The van der Waals surface area contributed by atoms with Crippen LogP contribution >= 0.6 is 11.6 Å². The molecule has 0 aliphatic heterocycles. The van der Waals surface area contributed by atoms with E-state index in [1.165, 1.54) is 42.6 Å². The predicted molar refractivity (Wildman–Crippen MR) is 108 cm³/mol. The van der Waals surface area contributed by atoms with E-state index in [4.69, 9.17) is 16.0 Å². The molecular formula is C19H13ClN4O6. The van der Waals surface area contributed by atoms with Crippen molar-refractivity contribution in [1.29, 1.82) is 0 Å². The number of hydrogen-bond donors (Lipinski definition) is 1. The summed E-state index contributed by atoms with van der Waals surface area (Å²) in [4.78, 5) is 32.4. The van der Waals surface area contributed by atoms with Gasteiger partial charge in [0.05, 0.1) is 22.5 Å². The van der Waals surface area contributed by atoms with Crippen LogP contribution in [0.2, 0.25) is 5.02 Å². The van der Waals surface area contributed by atoms with Crippen LogP contribution in [-0.4, -0.2) is 22.0 Å². The molecule has 0 aliphatic carbocycles. The van der Waals surface area contributed by atoms with Gasteiger partial charge in [-0.3, -0.25) is 25.0 Å². The number of nitro groups is 2. The molecule has 3 rings (SSSR count). The second-order valence-corrected chi connectivity index (χ2v) is 6.43. The highest BCUT2D eigenvalue weighted by atomic mass is 35.5. The fourth-order valence-electron chi connectivity index (χ4n) is 2.51. The zero-order chi connectivity index (χ0) is 21.7. The van der Waals surface area contributed by atoms with Crippen LogP contribution < -0.4 is 5.43 Å². The molecule has 0 unspecified atom stereocenters. The Kier molecular flexibility index (Phi) is 6.18. The maximum absolute atomic E-state index is 11.9. The SMILES string of the molecule is O=C(Cc1ccc([N+](=O)[O-])cc1)N/N=C/c1ccc(-c2ccc(Cl)c([N+](=O)[O-])c2)o1. The summed E-state index contributed by atoms with van der Waals surface area (Å²) in [5, 5.41) is 25.4. The van der Waals surface area contributed by atoms with Crippen molar-refractivity contribution in [3.63, 3.8) is 0 Å². The molecule has 2 aromatic carbocycles. The van der Waals surface area contributed by atoms with Gasteiger partial charge in [0.25, 0.3) is 11.4 Å². The van der Waals surface area contributed by atoms with Crippen LogP contribution in [-0.2, 0) is 11.2 Å². The van der Waals surface area contributed by atoms with E-state index >= 15 is 0 Å². The minimum atomic E-state index is -0.586. The zero-order valence-corrected chi connectivity index (χ0v) is 15.9. The van der Waals surface area contributed by atoms with Gasteiger partial charge in [0.1, 0.15) is 16.5 Å². The summed E-state index contributed by atoms with van der Waals surface area (Å²) in [7, 11) is 0. The largest absolute Gasteiger partial charge is 0.455 e. The number of benzene rings is 2. The Morgan fingerprint density at radius 1 is 1.07 bits per heavy atom. The van der Waals surface area contributed by atoms with Gasteiger partial charge < -0.3 is 4.42 Å². The number of halogens is 1. The maximum Gasteiger partial charge on any atom is 0.288 e. The topological polar surface area (TPSA) is 141 Å². The fraction of sp³-hybridized carbons (Fsp3) is 0.0526. The number of hydrazone groups is 1. The number of non-ortho nitro benzene ring substituents is 1. The van der Waals surface area contributed by atoms with Crippen molar-refractivity contribution in [3.8, 4) is 11.3 Å². The molecule has 0 bridgehead atoms. The van der Waals surface area contributed by atoms with Gasteiger partial charge >= 0.3 is 0 Å². The Morgan fingerprint density at radius 3 is 2.47 bits per heavy atom. The summed E-state index contributed by atoms with van der Waals surface area (Å²) >= 11 is 5.80. The van der Waals surface area contributed by atoms with Crippen molar-refractivity contribution >= 4 is 35.1 Å². The molecule has 1 aromatic heterocycles. The fourth-order valence-corrected chi connectivity index (χ4v) is 2.70. The van der Waals surface area contributed by atoms with Crippen molar-refractivity contribution in [2.24, 2.45) is 5.10 Å². The standard InChI is InChI=1S/C19H13ClN4O6/c20-16-7-3-13(10-17(16)24(28)29)18-8-6-15(30-18)11-21-22-19(25)9-12-1-4-14(5-2-12)23(26)27/h1-8,10-11H,9H2,(H,22,25)/b21-11+. The summed E-state index contributed by atoms with van der Waals surface area (Å²) in [6.45, 7) is 0. The summed E-state index contributed by atoms with van der Waals surface area (Å²) in [6, 6.07) is 13.1. The Bertz CT molecular complexity index is 1140. The number of carbonyl (C=O) groups excluding carboxylic acids is 1. The number of carbonyl (C=O) groups is 1. The summed E-state index contributed by atoms with van der Waals surface area (Å²) in [5.74, 6) is 0.270. The van der Waals surface area contributed by atoms with Gasteiger partial charge in [0.2, 0.25) is 5.91 Å². The predicted octanol–water partition coefficient (Wildman–Crippen LogP) is 4.11. The monoisotopic (exact) mass is 428 g/mol. The summed E-state index contributed by atoms with van der Waals surface area (Å²) in [6.07, 6.45) is 1.27. The van der Waals surface area contributed by atoms with Crippen LogP contribution in [0.5, 0.6) is 0 Å². The van der Waals surface area contributed by atoms with Gasteiger partial charge in [-0.2, -0.15) is 5.10 Å². The highest BCUT2D eigenvalue weighted by molar-refractivity contribution is 6.32. The second kappa shape index (κ2) is 8.97. The average Bonchev–Trinajstić information content (AvgIpc) is 3.17. The van der Waals surface area contributed by atoms with Crippen LogP contribution in [0.1, 0.15) is 11.3 Å². The van der Waals surface area contributed by atoms with Crippen LogP contribution in [0.15, 0.2) is 64.1 Å². The first-order chi connectivity index (χ1) is 14.3. The number of amides is 1. The Labute approximate surface area is 174 Å². The van der Waals surface area contributed by atoms with E-state index in [2.05, 4.69) is 10.5 Å². The van der Waals surface area contributed by atoms with Gasteiger partial charge in [-0.25, -0.2) is 5.43 Å². The van der Waals surface area contributed by atoms with Crippen LogP contribution in [0, 0.1) is 20.2 Å². The number of nitrogens with zero attached hydrogens (tertiary/aromatic N) is 3. The number of hydrogen-bond acceptors (Lipinski definition) is 7. The Balaban J connectivity index is 1.60. The molecule has 0 spiro atoms. The quantitative estimate of drug-likeness (QED) is 0.341. The van der Waals surface area contributed by atoms with Crippen molar-refractivity contribution in [1.82, 2.24) is 5.43 Å². The number of nitrogens with one attached hydrogen (secondary N) is 1. The molecule has 1 heterocycles. The van der Waals surface area contributed by atoms with E-state index in [1.54, 1.807) is 18.2 Å². The Morgan fingerprint density at radius 2 is 1.80 bits per heavy atom. The molecule has 30 heavy (non-hydrogen) atoms. The molecule has 152 valence electrons. The Hall–Kier alpha value is -4.05. The van der Waals surface area contributed by atoms with E-state index in [0.717, 1.165) is 0 Å². The lowest BCUT2D eigenvalue weighted by atomic mass is 10.1. The minimum Gasteiger partial charge on any atom is -0.455 e. The zero-order valence-electron chi connectivity index (χ0n) is 15.1. The third kappa shape index (κ3) is 5.06. The van der Waals surface area contributed by atoms with Gasteiger partial charge in [-0.05, 0) is 29.8 Å². The highest BCUT2D eigenvalue weighted by Gasteiger charge is 2.15. The molecule has 0 saturated heterocycles. The molecule has 1 N–H and O–H groups in total. The lowest BCUT2D eigenvalue weighted by molar-refractivity contribution is -0.385. The second-order valence-electron chi connectivity index (χ2n) is 6.02. The molecule has 0 saturated carbocycles. The molecule has 0 atom stereocenters. The number of rotatable bonds is 7. The van der Waals surface area contributed by atoms with Crippen molar-refractivity contribution in [2.45, 2.75) is 6.42 Å². The van der Waals surface area contributed by atoms with E-state index in [0.29, 0.717) is 22.6 Å². The molecular weight excluding hydrogens is 416 g/mol. The van der Waals surface area contributed by atoms with Gasteiger partial charge in [-0.15, -0.1) is 0 Å². The molecule has 3 aromatic rings. The molecule has 0 aliphatic rings. The number of furan rings is 1. The highest BCUT2D eigenvalue weighted by Crippen LogP contribution is 2.31. The maximum atomic E-state index is 11.9. The average molecular weight is 429 g/mol. The lowest BCUT2D eigenvalue weighted by Gasteiger charge is -2.00. The van der Waals surface area contributed by atoms with Crippen LogP contribution in [0.25, 0.3) is 11.3 Å². The first-order valence-electron chi connectivity index (χ1n) is 8.43. The third-order valence-corrected chi connectivity index (χ3v) is 4.27. The van der Waals surface area contributed by atoms with Crippen LogP contribution in [0.4, 0.5) is 11.4 Å².